The summed E-state index contributed by atoms with van der Waals surface area (Å²) in [5.41, 5.74) is 3.44. The lowest BCUT2D eigenvalue weighted by molar-refractivity contribution is 0.242. The smallest absolute Gasteiger partial charge is 0.227 e. The predicted octanol–water partition coefficient (Wildman–Crippen LogP) is 2.83. The van der Waals surface area contributed by atoms with Gasteiger partial charge in [0.25, 0.3) is 0 Å². The number of fused-ring (bicyclic) bond motifs is 1. The van der Waals surface area contributed by atoms with Crippen LogP contribution in [0.1, 0.15) is 29.4 Å². The average molecular weight is 335 g/mol. The van der Waals surface area contributed by atoms with Crippen LogP contribution >= 0.6 is 0 Å². The molecule has 0 saturated heterocycles. The summed E-state index contributed by atoms with van der Waals surface area (Å²) in [5, 5.41) is 4.07. The van der Waals surface area contributed by atoms with Gasteiger partial charge in [-0.1, -0.05) is 35.5 Å². The molecule has 3 heterocycles. The molecular formula is C19H21N5O. The Kier molecular flexibility index (Phi) is 4.52. The van der Waals surface area contributed by atoms with Crippen molar-refractivity contribution < 1.29 is 4.52 Å². The van der Waals surface area contributed by atoms with Gasteiger partial charge < -0.3 is 4.52 Å². The first-order chi connectivity index (χ1) is 12.3. The quantitative estimate of drug-likeness (QED) is 0.714. The van der Waals surface area contributed by atoms with Gasteiger partial charge in [-0.05, 0) is 31.9 Å². The van der Waals surface area contributed by atoms with Gasteiger partial charge in [-0.15, -0.1) is 0 Å². The lowest BCUT2D eigenvalue weighted by Gasteiger charge is -2.27. The molecule has 25 heavy (non-hydrogen) atoms. The molecule has 0 aliphatic carbocycles. The number of aryl methyl sites for hydroxylation is 2. The molecule has 3 aromatic rings. The Morgan fingerprint density at radius 2 is 2.04 bits per heavy atom. The van der Waals surface area contributed by atoms with Crippen molar-refractivity contribution >= 4 is 0 Å². The fourth-order valence-corrected chi connectivity index (χ4v) is 3.16. The van der Waals surface area contributed by atoms with E-state index in [4.69, 9.17) is 4.52 Å². The normalized spacial score (nSPS) is 14.4. The van der Waals surface area contributed by atoms with Crippen molar-refractivity contribution in [3.63, 3.8) is 0 Å². The van der Waals surface area contributed by atoms with Crippen LogP contribution in [0.4, 0.5) is 0 Å². The van der Waals surface area contributed by atoms with E-state index in [0.29, 0.717) is 11.7 Å². The van der Waals surface area contributed by atoms with Crippen molar-refractivity contribution in [1.29, 1.82) is 0 Å². The topological polar surface area (TPSA) is 67.9 Å². The second-order valence-electron chi connectivity index (χ2n) is 6.40. The highest BCUT2D eigenvalue weighted by molar-refractivity contribution is 5.53. The van der Waals surface area contributed by atoms with Gasteiger partial charge in [0, 0.05) is 31.3 Å². The third-order valence-corrected chi connectivity index (χ3v) is 4.51. The Morgan fingerprint density at radius 3 is 2.92 bits per heavy atom. The van der Waals surface area contributed by atoms with Crippen LogP contribution in [0.3, 0.4) is 0 Å². The molecule has 1 aliphatic heterocycles. The zero-order valence-corrected chi connectivity index (χ0v) is 14.4. The highest BCUT2D eigenvalue weighted by atomic mass is 16.5. The zero-order valence-electron chi connectivity index (χ0n) is 14.4. The molecule has 4 rings (SSSR count). The van der Waals surface area contributed by atoms with E-state index in [9.17, 15) is 0 Å². The molecule has 0 unspecified atom stereocenters. The fourth-order valence-electron chi connectivity index (χ4n) is 3.16. The molecule has 6 nitrogen and oxygen atoms in total. The first-order valence-electron chi connectivity index (χ1n) is 8.70. The van der Waals surface area contributed by atoms with Crippen molar-refractivity contribution in [3.8, 4) is 11.4 Å². The van der Waals surface area contributed by atoms with Crippen molar-refractivity contribution in [2.75, 3.05) is 13.1 Å². The van der Waals surface area contributed by atoms with E-state index in [-0.39, 0.29) is 0 Å². The van der Waals surface area contributed by atoms with E-state index in [0.717, 1.165) is 50.3 Å². The summed E-state index contributed by atoms with van der Waals surface area (Å²) in [4.78, 5) is 15.8. The lowest BCUT2D eigenvalue weighted by atomic mass is 10.1. The average Bonchev–Trinajstić information content (AvgIpc) is 3.11. The van der Waals surface area contributed by atoms with Gasteiger partial charge in [0.2, 0.25) is 11.7 Å². The highest BCUT2D eigenvalue weighted by Crippen LogP contribution is 2.18. The minimum absolute atomic E-state index is 0.662. The summed E-state index contributed by atoms with van der Waals surface area (Å²) >= 11 is 0. The molecule has 128 valence electrons. The minimum Gasteiger partial charge on any atom is -0.339 e. The van der Waals surface area contributed by atoms with Crippen LogP contribution in [0, 0.1) is 6.92 Å². The number of hydrogen-bond acceptors (Lipinski definition) is 6. The van der Waals surface area contributed by atoms with Crippen LogP contribution in [0.5, 0.6) is 0 Å². The number of hydrogen-bond donors (Lipinski definition) is 0. The summed E-state index contributed by atoms with van der Waals surface area (Å²) in [7, 11) is 0. The minimum atomic E-state index is 0.662. The molecule has 0 radical (unpaired) electrons. The fraction of sp³-hybridized carbons (Fsp3) is 0.368. The van der Waals surface area contributed by atoms with Gasteiger partial charge in [0.05, 0.1) is 5.69 Å². The number of benzene rings is 1. The third-order valence-electron chi connectivity index (χ3n) is 4.51. The maximum Gasteiger partial charge on any atom is 0.227 e. The van der Waals surface area contributed by atoms with E-state index in [1.807, 2.05) is 43.5 Å². The van der Waals surface area contributed by atoms with Gasteiger partial charge in [-0.3, -0.25) is 4.90 Å². The molecule has 2 aromatic heterocycles. The van der Waals surface area contributed by atoms with Gasteiger partial charge >= 0.3 is 0 Å². The number of aromatic nitrogens is 4. The van der Waals surface area contributed by atoms with E-state index in [1.54, 1.807) is 0 Å². The second kappa shape index (κ2) is 7.11. The third kappa shape index (κ3) is 3.74. The summed E-state index contributed by atoms with van der Waals surface area (Å²) in [6, 6.07) is 9.91. The van der Waals surface area contributed by atoms with E-state index in [2.05, 4.69) is 25.0 Å². The molecule has 0 bridgehead atoms. The molecule has 0 amide bonds. The number of nitrogens with zero attached hydrogens (tertiary/aromatic N) is 5. The van der Waals surface area contributed by atoms with Crippen molar-refractivity contribution in [3.05, 3.63) is 59.5 Å². The van der Waals surface area contributed by atoms with Crippen molar-refractivity contribution in [2.24, 2.45) is 0 Å². The maximum atomic E-state index is 5.38. The number of rotatable bonds is 5. The van der Waals surface area contributed by atoms with Crippen LogP contribution < -0.4 is 0 Å². The zero-order chi connectivity index (χ0) is 17.1. The first kappa shape index (κ1) is 15.9. The first-order valence-corrected chi connectivity index (χ1v) is 8.70. The molecule has 0 N–H and O–H groups in total. The van der Waals surface area contributed by atoms with Crippen LogP contribution in [0.15, 0.2) is 41.1 Å². The largest absolute Gasteiger partial charge is 0.339 e. The highest BCUT2D eigenvalue weighted by Gasteiger charge is 2.18. The van der Waals surface area contributed by atoms with E-state index >= 15 is 0 Å². The maximum absolute atomic E-state index is 5.38. The summed E-state index contributed by atoms with van der Waals surface area (Å²) in [6.45, 7) is 4.90. The van der Waals surface area contributed by atoms with Crippen LogP contribution in [0.25, 0.3) is 11.4 Å². The Hall–Kier alpha value is -2.60. The standard InChI is InChI=1S/C19H21N5O/c1-14-20-12-16-9-11-24(13-17(16)21-14)10-5-8-18-22-19(23-25-18)15-6-3-2-4-7-15/h2-4,6-7,12H,5,8-11,13H2,1H3. The molecular weight excluding hydrogens is 314 g/mol. The monoisotopic (exact) mass is 335 g/mol. The molecule has 0 saturated carbocycles. The summed E-state index contributed by atoms with van der Waals surface area (Å²) in [6.07, 6.45) is 4.79. The van der Waals surface area contributed by atoms with Gasteiger partial charge in [0.1, 0.15) is 5.82 Å². The van der Waals surface area contributed by atoms with Gasteiger partial charge in [0.15, 0.2) is 0 Å². The Balaban J connectivity index is 1.31. The van der Waals surface area contributed by atoms with E-state index in [1.165, 1.54) is 11.3 Å². The van der Waals surface area contributed by atoms with Crippen LogP contribution in [-0.4, -0.2) is 38.1 Å². The summed E-state index contributed by atoms with van der Waals surface area (Å²) in [5.74, 6) is 2.21. The van der Waals surface area contributed by atoms with Gasteiger partial charge in [-0.25, -0.2) is 9.97 Å². The SMILES string of the molecule is Cc1ncc2c(n1)CN(CCCc1nc(-c3ccccc3)no1)CC2. The predicted molar refractivity (Wildman–Crippen MR) is 93.8 cm³/mol. The Morgan fingerprint density at radius 1 is 1.16 bits per heavy atom. The van der Waals surface area contributed by atoms with Crippen LogP contribution in [0.2, 0.25) is 0 Å². The molecule has 0 fully saturated rings. The van der Waals surface area contributed by atoms with Crippen molar-refractivity contribution in [1.82, 2.24) is 25.0 Å². The molecule has 0 spiro atoms. The lowest BCUT2D eigenvalue weighted by Crippen LogP contribution is -2.32. The van der Waals surface area contributed by atoms with E-state index < -0.39 is 0 Å². The Labute approximate surface area is 146 Å². The molecule has 1 aromatic carbocycles. The van der Waals surface area contributed by atoms with Crippen LogP contribution in [-0.2, 0) is 19.4 Å². The molecule has 0 atom stereocenters. The molecule has 6 heteroatoms. The van der Waals surface area contributed by atoms with Gasteiger partial charge in [-0.2, -0.15) is 4.98 Å². The van der Waals surface area contributed by atoms with Crippen molar-refractivity contribution in [2.45, 2.75) is 32.7 Å². The molecule has 1 aliphatic rings. The second-order valence-corrected chi connectivity index (χ2v) is 6.40. The summed E-state index contributed by atoms with van der Waals surface area (Å²) < 4.78 is 5.38. The Bertz CT molecular complexity index is 846.